The number of hydrogen-bond donors (Lipinski definition) is 1. The number of nitrogens with one attached hydrogen (secondary N) is 1. The predicted molar refractivity (Wildman–Crippen MR) is 96.1 cm³/mol. The Balaban J connectivity index is 1.47. The quantitative estimate of drug-likeness (QED) is 0.892. The zero-order chi connectivity index (χ0) is 17.6. The van der Waals surface area contributed by atoms with E-state index in [0.717, 1.165) is 31.8 Å². The number of nitrogens with zero attached hydrogens (tertiary/aromatic N) is 2. The molecule has 0 aliphatic carbocycles. The van der Waals surface area contributed by atoms with Crippen molar-refractivity contribution in [1.29, 1.82) is 0 Å². The Morgan fingerprint density at radius 1 is 1.08 bits per heavy atom. The molecule has 1 aromatic heterocycles. The molecule has 1 saturated heterocycles. The third-order valence-electron chi connectivity index (χ3n) is 4.57. The summed E-state index contributed by atoms with van der Waals surface area (Å²) in [4.78, 5) is 30.3. The highest BCUT2D eigenvalue weighted by molar-refractivity contribution is 5.93. The maximum atomic E-state index is 12.4. The minimum Gasteiger partial charge on any atom is -0.497 e. The van der Waals surface area contributed by atoms with E-state index in [4.69, 9.17) is 4.74 Å². The molecule has 0 bridgehead atoms. The van der Waals surface area contributed by atoms with Crippen molar-refractivity contribution < 1.29 is 9.53 Å². The summed E-state index contributed by atoms with van der Waals surface area (Å²) >= 11 is 0. The first-order valence-electron chi connectivity index (χ1n) is 8.49. The zero-order valence-electron chi connectivity index (χ0n) is 14.4. The molecule has 1 N–H and O–H groups in total. The molecule has 0 atom stereocenters. The number of carbonyl (C=O) groups is 1. The normalized spacial score (nSPS) is 15.2. The van der Waals surface area contributed by atoms with E-state index < -0.39 is 0 Å². The highest BCUT2D eigenvalue weighted by atomic mass is 16.5. The molecule has 0 saturated carbocycles. The molecule has 6 nitrogen and oxygen atoms in total. The largest absolute Gasteiger partial charge is 0.497 e. The van der Waals surface area contributed by atoms with Gasteiger partial charge in [-0.25, -0.2) is 0 Å². The molecule has 6 heteroatoms. The predicted octanol–water partition coefficient (Wildman–Crippen LogP) is 1.38. The van der Waals surface area contributed by atoms with Gasteiger partial charge >= 0.3 is 0 Å². The second-order valence-corrected chi connectivity index (χ2v) is 6.17. The van der Waals surface area contributed by atoms with Crippen LogP contribution in [0.1, 0.15) is 15.9 Å². The van der Waals surface area contributed by atoms with Gasteiger partial charge in [-0.2, -0.15) is 0 Å². The number of hydrogen-bond acceptors (Lipinski definition) is 4. The smallest absolute Gasteiger partial charge is 0.255 e. The maximum absolute atomic E-state index is 12.4. The second kappa shape index (κ2) is 7.98. The van der Waals surface area contributed by atoms with E-state index in [0.29, 0.717) is 18.7 Å². The molecule has 1 aliphatic heterocycles. The Morgan fingerprint density at radius 2 is 1.80 bits per heavy atom. The van der Waals surface area contributed by atoms with Crippen LogP contribution in [0.3, 0.4) is 0 Å². The van der Waals surface area contributed by atoms with Gasteiger partial charge in [-0.15, -0.1) is 0 Å². The van der Waals surface area contributed by atoms with Gasteiger partial charge < -0.3 is 14.6 Å². The van der Waals surface area contributed by atoms with Crippen LogP contribution in [0.25, 0.3) is 0 Å². The molecule has 1 aliphatic rings. The molecule has 1 fully saturated rings. The third kappa shape index (κ3) is 4.48. The van der Waals surface area contributed by atoms with E-state index in [1.165, 1.54) is 17.8 Å². The van der Waals surface area contributed by atoms with Gasteiger partial charge in [0.15, 0.2) is 0 Å². The molecule has 1 aromatic carbocycles. The number of aromatic amines is 1. The van der Waals surface area contributed by atoms with Crippen molar-refractivity contribution in [2.45, 2.75) is 6.42 Å². The fourth-order valence-corrected chi connectivity index (χ4v) is 2.98. The lowest BCUT2D eigenvalue weighted by molar-refractivity contribution is 0.0638. The van der Waals surface area contributed by atoms with Crippen LogP contribution >= 0.6 is 0 Å². The minimum atomic E-state index is -0.195. The number of aromatic nitrogens is 1. The number of rotatable bonds is 5. The van der Waals surface area contributed by atoms with Crippen molar-refractivity contribution in [3.8, 4) is 5.75 Å². The van der Waals surface area contributed by atoms with Crippen molar-refractivity contribution in [2.75, 3.05) is 39.8 Å². The lowest BCUT2D eigenvalue weighted by atomic mass is 10.1. The highest BCUT2D eigenvalue weighted by Gasteiger charge is 2.21. The van der Waals surface area contributed by atoms with Crippen LogP contribution < -0.4 is 10.3 Å². The summed E-state index contributed by atoms with van der Waals surface area (Å²) in [5.41, 5.74) is 1.62. The Hall–Kier alpha value is -2.60. The highest BCUT2D eigenvalue weighted by Crippen LogP contribution is 2.13. The maximum Gasteiger partial charge on any atom is 0.255 e. The lowest BCUT2D eigenvalue weighted by Gasteiger charge is -2.34. The van der Waals surface area contributed by atoms with Crippen LogP contribution in [-0.4, -0.2) is 60.5 Å². The van der Waals surface area contributed by atoms with Crippen LogP contribution in [0.15, 0.2) is 47.4 Å². The number of pyridine rings is 1. The summed E-state index contributed by atoms with van der Waals surface area (Å²) in [6.45, 7) is 4.13. The molecule has 132 valence electrons. The number of carbonyl (C=O) groups excluding carboxylic acids is 1. The van der Waals surface area contributed by atoms with Crippen LogP contribution in [0, 0.1) is 0 Å². The average molecular weight is 341 g/mol. The van der Waals surface area contributed by atoms with E-state index in [-0.39, 0.29) is 11.5 Å². The summed E-state index contributed by atoms with van der Waals surface area (Å²) < 4.78 is 5.17. The third-order valence-corrected chi connectivity index (χ3v) is 4.57. The van der Waals surface area contributed by atoms with Gasteiger partial charge in [0.1, 0.15) is 5.75 Å². The first-order valence-corrected chi connectivity index (χ1v) is 8.49. The monoisotopic (exact) mass is 341 g/mol. The Labute approximate surface area is 147 Å². The van der Waals surface area contributed by atoms with Crippen molar-refractivity contribution >= 4 is 5.91 Å². The van der Waals surface area contributed by atoms with E-state index in [2.05, 4.69) is 22.0 Å². The fourth-order valence-electron chi connectivity index (χ4n) is 2.98. The van der Waals surface area contributed by atoms with Gasteiger partial charge in [0.25, 0.3) is 5.91 Å². The molecule has 0 radical (unpaired) electrons. The zero-order valence-corrected chi connectivity index (χ0v) is 14.4. The summed E-state index contributed by atoms with van der Waals surface area (Å²) in [5.74, 6) is 0.851. The minimum absolute atomic E-state index is 0.0222. The van der Waals surface area contributed by atoms with E-state index >= 15 is 0 Å². The number of ether oxygens (including phenoxy) is 1. The summed E-state index contributed by atoms with van der Waals surface area (Å²) in [7, 11) is 1.67. The molecule has 2 heterocycles. The number of methoxy groups -OCH3 is 1. The first-order chi connectivity index (χ1) is 12.2. The van der Waals surface area contributed by atoms with Gasteiger partial charge in [0.2, 0.25) is 5.56 Å². The first kappa shape index (κ1) is 17.2. The molecule has 0 spiro atoms. The molecule has 0 unspecified atom stereocenters. The summed E-state index contributed by atoms with van der Waals surface area (Å²) in [6.07, 6.45) is 2.47. The average Bonchev–Trinajstić information content (AvgIpc) is 2.67. The van der Waals surface area contributed by atoms with Crippen molar-refractivity contribution in [3.63, 3.8) is 0 Å². The molecule has 25 heavy (non-hydrogen) atoms. The van der Waals surface area contributed by atoms with Gasteiger partial charge in [-0.1, -0.05) is 12.1 Å². The standard InChI is InChI=1S/C19H23N3O3/c1-25-17-5-2-15(3-6-17)8-9-21-10-12-22(13-11-21)19(24)16-4-7-18(23)20-14-16/h2-7,14H,8-13H2,1H3,(H,20,23). The number of H-pyrrole nitrogens is 1. The van der Waals surface area contributed by atoms with Gasteiger partial charge in [0, 0.05) is 45.0 Å². The Morgan fingerprint density at radius 3 is 2.40 bits per heavy atom. The second-order valence-electron chi connectivity index (χ2n) is 6.17. The molecule has 2 aromatic rings. The van der Waals surface area contributed by atoms with E-state index in [1.807, 2.05) is 17.0 Å². The van der Waals surface area contributed by atoms with Crippen LogP contribution in [0.5, 0.6) is 5.75 Å². The topological polar surface area (TPSA) is 65.6 Å². The Bertz CT molecular complexity index is 742. The Kier molecular flexibility index (Phi) is 5.50. The van der Waals surface area contributed by atoms with Crippen molar-refractivity contribution in [2.24, 2.45) is 0 Å². The van der Waals surface area contributed by atoms with Crippen LogP contribution in [-0.2, 0) is 6.42 Å². The van der Waals surface area contributed by atoms with E-state index in [1.54, 1.807) is 13.2 Å². The SMILES string of the molecule is COc1ccc(CCN2CCN(C(=O)c3ccc(=O)[nH]c3)CC2)cc1. The number of amides is 1. The summed E-state index contributed by atoms with van der Waals surface area (Å²) in [6, 6.07) is 11.1. The van der Waals surface area contributed by atoms with Gasteiger partial charge in [-0.3, -0.25) is 14.5 Å². The number of benzene rings is 1. The lowest BCUT2D eigenvalue weighted by Crippen LogP contribution is -2.49. The fraction of sp³-hybridized carbons (Fsp3) is 0.368. The number of piperazine rings is 1. The van der Waals surface area contributed by atoms with Gasteiger partial charge in [0.05, 0.1) is 12.7 Å². The molecular formula is C19H23N3O3. The van der Waals surface area contributed by atoms with Gasteiger partial charge in [-0.05, 0) is 30.2 Å². The van der Waals surface area contributed by atoms with E-state index in [9.17, 15) is 9.59 Å². The van der Waals surface area contributed by atoms with Crippen molar-refractivity contribution in [3.05, 3.63) is 64.1 Å². The van der Waals surface area contributed by atoms with Crippen LogP contribution in [0.4, 0.5) is 0 Å². The van der Waals surface area contributed by atoms with Crippen molar-refractivity contribution in [1.82, 2.24) is 14.8 Å². The summed E-state index contributed by atoms with van der Waals surface area (Å²) in [5, 5.41) is 0. The molecular weight excluding hydrogens is 318 g/mol. The molecule has 3 rings (SSSR count). The van der Waals surface area contributed by atoms with Crippen LogP contribution in [0.2, 0.25) is 0 Å². The molecule has 1 amide bonds.